The van der Waals surface area contributed by atoms with Crippen LogP contribution in [0.3, 0.4) is 0 Å². The van der Waals surface area contributed by atoms with Gasteiger partial charge in [0, 0.05) is 34.9 Å². The van der Waals surface area contributed by atoms with Gasteiger partial charge in [-0.3, -0.25) is 0 Å². The third-order valence-electron chi connectivity index (χ3n) is 3.55. The molecule has 2 heteroatoms. The van der Waals surface area contributed by atoms with Gasteiger partial charge in [-0.15, -0.1) is 0 Å². The van der Waals surface area contributed by atoms with E-state index in [9.17, 15) is 0 Å². The van der Waals surface area contributed by atoms with Crippen LogP contribution in [0.5, 0.6) is 0 Å². The van der Waals surface area contributed by atoms with Crippen molar-refractivity contribution in [2.24, 2.45) is 0 Å². The van der Waals surface area contributed by atoms with Crippen molar-refractivity contribution in [2.75, 3.05) is 6.54 Å². The number of rotatable bonds is 0. The van der Waals surface area contributed by atoms with E-state index in [1.54, 1.807) is 0 Å². The van der Waals surface area contributed by atoms with Gasteiger partial charge in [-0.2, -0.15) is 0 Å². The number of nitrogens with zero attached hydrogens (tertiary/aromatic N) is 1. The zero-order valence-electron chi connectivity index (χ0n) is 7.69. The first-order valence-electron chi connectivity index (χ1n) is 5.27. The Morgan fingerprint density at radius 1 is 0.833 bits per heavy atom. The molecule has 0 atom stereocenters. The van der Waals surface area contributed by atoms with Gasteiger partial charge in [-0.05, 0) is 25.7 Å². The monoisotopic (exact) mass is 279 g/mol. The zero-order chi connectivity index (χ0) is 8.44. The summed E-state index contributed by atoms with van der Waals surface area (Å²) in [5.41, 5.74) is 0.636. The molecule has 70 valence electrons. The van der Waals surface area contributed by atoms with Crippen molar-refractivity contribution in [3.63, 3.8) is 0 Å². The van der Waals surface area contributed by atoms with Gasteiger partial charge in [-0.1, -0.05) is 25.7 Å². The smallest absolute Gasteiger partial charge is 0.0305 e. The Hall–Kier alpha value is 0.690. The summed E-state index contributed by atoms with van der Waals surface area (Å²) in [4.78, 5) is 0. The van der Waals surface area contributed by atoms with Crippen LogP contribution in [0.25, 0.3) is 0 Å². The Balaban J connectivity index is 2.08. The summed E-state index contributed by atoms with van der Waals surface area (Å²) in [5.74, 6) is 0. The van der Waals surface area contributed by atoms with Crippen molar-refractivity contribution in [1.82, 2.24) is 3.11 Å². The molecule has 1 heterocycles. The highest BCUT2D eigenvalue weighted by atomic mass is 127. The molecule has 1 nitrogen and oxygen atoms in total. The van der Waals surface area contributed by atoms with Gasteiger partial charge >= 0.3 is 0 Å². The molecule has 2 fully saturated rings. The van der Waals surface area contributed by atoms with Gasteiger partial charge in [0.05, 0.1) is 0 Å². The molecular formula is C10H18IN. The van der Waals surface area contributed by atoms with Gasteiger partial charge in [0.2, 0.25) is 0 Å². The molecule has 1 spiro atoms. The second kappa shape index (κ2) is 3.82. The largest absolute Gasteiger partial charge is 0.241 e. The van der Waals surface area contributed by atoms with Crippen molar-refractivity contribution in [3.05, 3.63) is 0 Å². The van der Waals surface area contributed by atoms with E-state index < -0.39 is 0 Å². The van der Waals surface area contributed by atoms with Crippen LogP contribution in [-0.2, 0) is 0 Å². The van der Waals surface area contributed by atoms with Crippen LogP contribution in [0.4, 0.5) is 0 Å². The molecule has 12 heavy (non-hydrogen) atoms. The van der Waals surface area contributed by atoms with Gasteiger partial charge in [0.25, 0.3) is 0 Å². The van der Waals surface area contributed by atoms with Crippen LogP contribution in [0.1, 0.15) is 51.4 Å². The molecule has 2 aliphatic rings. The lowest BCUT2D eigenvalue weighted by atomic mass is 9.92. The van der Waals surface area contributed by atoms with E-state index in [1.165, 1.54) is 57.9 Å². The Morgan fingerprint density at radius 3 is 2.08 bits per heavy atom. The van der Waals surface area contributed by atoms with Crippen LogP contribution in [0.15, 0.2) is 0 Å². The Labute approximate surface area is 89.4 Å². The van der Waals surface area contributed by atoms with Crippen LogP contribution in [0, 0.1) is 0 Å². The van der Waals surface area contributed by atoms with E-state index in [0.29, 0.717) is 5.54 Å². The summed E-state index contributed by atoms with van der Waals surface area (Å²) in [7, 11) is 0. The highest BCUT2D eigenvalue weighted by Crippen LogP contribution is 2.42. The number of halogens is 1. The maximum absolute atomic E-state index is 2.63. The molecule has 0 N–H and O–H groups in total. The number of hydrogen-bond acceptors (Lipinski definition) is 1. The van der Waals surface area contributed by atoms with Crippen LogP contribution in [-0.4, -0.2) is 15.2 Å². The highest BCUT2D eigenvalue weighted by molar-refractivity contribution is 14.1. The standard InChI is InChI=1S/C10H18IN/c11-12-9-5-1-2-6-10(12)7-3-4-8-10/h1-9H2. The third-order valence-corrected chi connectivity index (χ3v) is 5.05. The molecule has 1 saturated heterocycles. The Bertz CT molecular complexity index is 152. The molecule has 1 aliphatic carbocycles. The summed E-state index contributed by atoms with van der Waals surface area (Å²) < 4.78 is 2.63. The lowest BCUT2D eigenvalue weighted by molar-refractivity contribution is 0.228. The molecule has 1 aliphatic heterocycles. The van der Waals surface area contributed by atoms with Crippen molar-refractivity contribution >= 4 is 22.9 Å². The van der Waals surface area contributed by atoms with Crippen molar-refractivity contribution in [1.29, 1.82) is 0 Å². The summed E-state index contributed by atoms with van der Waals surface area (Å²) >= 11 is 2.57. The lowest BCUT2D eigenvalue weighted by Crippen LogP contribution is -2.39. The first-order valence-corrected chi connectivity index (χ1v) is 6.23. The fourth-order valence-corrected chi connectivity index (χ4v) is 3.83. The SMILES string of the molecule is IN1CCCCCC12CCCC2. The summed E-state index contributed by atoms with van der Waals surface area (Å²) in [6.07, 6.45) is 11.7. The molecular weight excluding hydrogens is 261 g/mol. The zero-order valence-corrected chi connectivity index (χ0v) is 9.85. The van der Waals surface area contributed by atoms with E-state index in [0.717, 1.165) is 0 Å². The third kappa shape index (κ3) is 1.65. The van der Waals surface area contributed by atoms with Crippen LogP contribution < -0.4 is 0 Å². The molecule has 0 aromatic carbocycles. The minimum atomic E-state index is 0.636. The quantitative estimate of drug-likeness (QED) is 0.484. The van der Waals surface area contributed by atoms with E-state index in [1.807, 2.05) is 0 Å². The highest BCUT2D eigenvalue weighted by Gasteiger charge is 2.38. The molecule has 0 aromatic rings. The summed E-state index contributed by atoms with van der Waals surface area (Å²) in [6.45, 7) is 1.33. The van der Waals surface area contributed by atoms with Gasteiger partial charge in [0.15, 0.2) is 0 Å². The summed E-state index contributed by atoms with van der Waals surface area (Å²) in [6, 6.07) is 0. The Kier molecular flexibility index (Phi) is 2.95. The van der Waals surface area contributed by atoms with E-state index in [2.05, 4.69) is 26.0 Å². The molecule has 0 aromatic heterocycles. The van der Waals surface area contributed by atoms with Crippen LogP contribution >= 0.6 is 22.9 Å². The molecule has 0 amide bonds. The van der Waals surface area contributed by atoms with Crippen molar-refractivity contribution < 1.29 is 0 Å². The minimum absolute atomic E-state index is 0.636. The Morgan fingerprint density at radius 2 is 1.42 bits per heavy atom. The molecule has 1 saturated carbocycles. The lowest BCUT2D eigenvalue weighted by Gasteiger charge is -2.35. The first kappa shape index (κ1) is 9.25. The maximum Gasteiger partial charge on any atom is 0.0305 e. The predicted molar refractivity (Wildman–Crippen MR) is 60.4 cm³/mol. The topological polar surface area (TPSA) is 3.24 Å². The van der Waals surface area contributed by atoms with Gasteiger partial charge in [0.1, 0.15) is 0 Å². The van der Waals surface area contributed by atoms with Gasteiger partial charge < -0.3 is 0 Å². The van der Waals surface area contributed by atoms with E-state index >= 15 is 0 Å². The molecule has 2 rings (SSSR count). The molecule has 0 radical (unpaired) electrons. The average molecular weight is 279 g/mol. The van der Waals surface area contributed by atoms with E-state index in [-0.39, 0.29) is 0 Å². The molecule has 0 unspecified atom stereocenters. The predicted octanol–water partition coefficient (Wildman–Crippen LogP) is 3.53. The van der Waals surface area contributed by atoms with E-state index in [4.69, 9.17) is 0 Å². The average Bonchev–Trinajstić information content (AvgIpc) is 2.45. The first-order chi connectivity index (χ1) is 5.83. The number of hydrogen-bond donors (Lipinski definition) is 0. The summed E-state index contributed by atoms with van der Waals surface area (Å²) in [5, 5.41) is 0. The maximum atomic E-state index is 2.63. The molecule has 0 bridgehead atoms. The van der Waals surface area contributed by atoms with Crippen molar-refractivity contribution in [2.45, 2.75) is 56.9 Å². The van der Waals surface area contributed by atoms with Crippen molar-refractivity contribution in [3.8, 4) is 0 Å². The van der Waals surface area contributed by atoms with Crippen LogP contribution in [0.2, 0.25) is 0 Å². The van der Waals surface area contributed by atoms with Gasteiger partial charge in [-0.25, -0.2) is 3.11 Å². The fraction of sp³-hybridized carbons (Fsp3) is 1.00. The second-order valence-corrected chi connectivity index (χ2v) is 5.49. The fourth-order valence-electron chi connectivity index (χ4n) is 2.77. The second-order valence-electron chi connectivity index (χ2n) is 4.33. The minimum Gasteiger partial charge on any atom is -0.241 e. The normalized spacial score (nSPS) is 30.8.